The van der Waals surface area contributed by atoms with Crippen LogP contribution >= 0.6 is 0 Å². The molecule has 15 heavy (non-hydrogen) atoms. The first-order chi connectivity index (χ1) is 7.29. The van der Waals surface area contributed by atoms with Gasteiger partial charge in [-0.3, -0.25) is 4.90 Å². The van der Waals surface area contributed by atoms with Crippen LogP contribution in [0.2, 0.25) is 0 Å². The molecule has 1 aromatic heterocycles. The maximum Gasteiger partial charge on any atom is 0.0948 e. The molecule has 0 spiro atoms. The molecule has 84 valence electrons. The molecule has 1 fully saturated rings. The van der Waals surface area contributed by atoms with E-state index >= 15 is 0 Å². The zero-order chi connectivity index (χ0) is 10.7. The zero-order valence-electron chi connectivity index (χ0n) is 9.39. The molecule has 2 rings (SSSR count). The Bertz CT molecular complexity index is 307. The van der Waals surface area contributed by atoms with Crippen molar-refractivity contribution in [2.24, 2.45) is 5.73 Å². The summed E-state index contributed by atoms with van der Waals surface area (Å²) in [7, 11) is 0. The lowest BCUT2D eigenvalue weighted by Crippen LogP contribution is -2.27. The first-order valence-electron chi connectivity index (χ1n) is 5.76. The van der Waals surface area contributed by atoms with Crippen LogP contribution in [0.4, 0.5) is 0 Å². The van der Waals surface area contributed by atoms with Crippen LogP contribution in [0.5, 0.6) is 0 Å². The van der Waals surface area contributed by atoms with Gasteiger partial charge in [-0.1, -0.05) is 6.92 Å². The monoisotopic (exact) mass is 208 g/mol. The van der Waals surface area contributed by atoms with Gasteiger partial charge in [0.05, 0.1) is 12.0 Å². The molecule has 0 bridgehead atoms. The van der Waals surface area contributed by atoms with E-state index in [1.807, 2.05) is 12.5 Å². The molecule has 0 aromatic carbocycles. The van der Waals surface area contributed by atoms with Gasteiger partial charge in [0.2, 0.25) is 0 Å². The SMILES string of the molecule is CCCn1cncc1CN1CC[C@H](N)C1. The second kappa shape index (κ2) is 4.77. The summed E-state index contributed by atoms with van der Waals surface area (Å²) < 4.78 is 2.24. The second-order valence-corrected chi connectivity index (χ2v) is 4.36. The van der Waals surface area contributed by atoms with E-state index in [-0.39, 0.29) is 0 Å². The standard InChI is InChI=1S/C11H20N4/c1-2-4-15-9-13-6-11(15)8-14-5-3-10(12)7-14/h6,9-10H,2-5,7-8,12H2,1H3/t10-/m0/s1. The van der Waals surface area contributed by atoms with Gasteiger partial charge in [-0.05, 0) is 12.8 Å². The maximum atomic E-state index is 5.89. The van der Waals surface area contributed by atoms with E-state index in [9.17, 15) is 0 Å². The molecule has 0 unspecified atom stereocenters. The van der Waals surface area contributed by atoms with E-state index < -0.39 is 0 Å². The third-order valence-corrected chi connectivity index (χ3v) is 2.96. The van der Waals surface area contributed by atoms with E-state index in [0.717, 1.165) is 39.0 Å². The lowest BCUT2D eigenvalue weighted by Gasteiger charge is -2.16. The second-order valence-electron chi connectivity index (χ2n) is 4.36. The Morgan fingerprint density at radius 3 is 3.13 bits per heavy atom. The molecule has 4 heteroatoms. The molecule has 0 saturated carbocycles. The minimum atomic E-state index is 0.368. The van der Waals surface area contributed by atoms with Crippen LogP contribution in [-0.4, -0.2) is 33.6 Å². The molecule has 1 atom stereocenters. The zero-order valence-corrected chi connectivity index (χ0v) is 9.39. The lowest BCUT2D eigenvalue weighted by atomic mass is 10.3. The van der Waals surface area contributed by atoms with Crippen molar-refractivity contribution in [1.29, 1.82) is 0 Å². The van der Waals surface area contributed by atoms with E-state index in [1.165, 1.54) is 5.69 Å². The Morgan fingerprint density at radius 1 is 1.60 bits per heavy atom. The van der Waals surface area contributed by atoms with Gasteiger partial charge in [0.25, 0.3) is 0 Å². The van der Waals surface area contributed by atoms with Gasteiger partial charge in [0.15, 0.2) is 0 Å². The van der Waals surface area contributed by atoms with E-state index in [1.54, 1.807) is 0 Å². The Labute approximate surface area is 91.1 Å². The minimum absolute atomic E-state index is 0.368. The summed E-state index contributed by atoms with van der Waals surface area (Å²) in [5.41, 5.74) is 7.20. The summed E-state index contributed by atoms with van der Waals surface area (Å²) >= 11 is 0. The minimum Gasteiger partial charge on any atom is -0.333 e. The average molecular weight is 208 g/mol. The van der Waals surface area contributed by atoms with E-state index in [0.29, 0.717) is 6.04 Å². The van der Waals surface area contributed by atoms with Crippen LogP contribution in [-0.2, 0) is 13.1 Å². The van der Waals surface area contributed by atoms with E-state index in [2.05, 4.69) is 21.4 Å². The average Bonchev–Trinajstić information content (AvgIpc) is 2.78. The highest BCUT2D eigenvalue weighted by Gasteiger charge is 2.19. The first-order valence-corrected chi connectivity index (χ1v) is 5.76. The number of nitrogens with zero attached hydrogens (tertiary/aromatic N) is 3. The van der Waals surface area contributed by atoms with Gasteiger partial charge < -0.3 is 10.3 Å². The van der Waals surface area contributed by atoms with Crippen LogP contribution in [0.3, 0.4) is 0 Å². The fourth-order valence-corrected chi connectivity index (χ4v) is 2.16. The highest BCUT2D eigenvalue weighted by atomic mass is 15.2. The van der Waals surface area contributed by atoms with Crippen molar-refractivity contribution in [3.05, 3.63) is 18.2 Å². The van der Waals surface area contributed by atoms with Gasteiger partial charge in [-0.15, -0.1) is 0 Å². The van der Waals surface area contributed by atoms with Crippen LogP contribution in [0.25, 0.3) is 0 Å². The first kappa shape index (κ1) is 10.6. The molecule has 0 radical (unpaired) electrons. The molecular weight excluding hydrogens is 188 g/mol. The molecule has 0 amide bonds. The summed E-state index contributed by atoms with van der Waals surface area (Å²) in [6.45, 7) is 6.40. The summed E-state index contributed by atoms with van der Waals surface area (Å²) in [4.78, 5) is 6.62. The van der Waals surface area contributed by atoms with Gasteiger partial charge >= 0.3 is 0 Å². The third-order valence-electron chi connectivity index (χ3n) is 2.96. The van der Waals surface area contributed by atoms with Gasteiger partial charge in [-0.25, -0.2) is 4.98 Å². The molecule has 4 nitrogen and oxygen atoms in total. The third kappa shape index (κ3) is 2.58. The number of likely N-dealkylation sites (tertiary alicyclic amines) is 1. The summed E-state index contributed by atoms with van der Waals surface area (Å²) in [6.07, 6.45) is 6.18. The highest BCUT2D eigenvalue weighted by Crippen LogP contribution is 2.12. The van der Waals surface area contributed by atoms with Crippen LogP contribution in [0, 0.1) is 0 Å². The number of rotatable bonds is 4. The van der Waals surface area contributed by atoms with Crippen LogP contribution in [0.1, 0.15) is 25.5 Å². The predicted molar refractivity (Wildman–Crippen MR) is 60.4 cm³/mol. The van der Waals surface area contributed by atoms with Crippen molar-refractivity contribution in [2.45, 2.75) is 38.9 Å². The van der Waals surface area contributed by atoms with Crippen LogP contribution in [0.15, 0.2) is 12.5 Å². The number of aryl methyl sites for hydroxylation is 1. The fraction of sp³-hybridized carbons (Fsp3) is 0.727. The number of aromatic nitrogens is 2. The van der Waals surface area contributed by atoms with E-state index in [4.69, 9.17) is 5.73 Å². The van der Waals surface area contributed by atoms with Gasteiger partial charge in [0.1, 0.15) is 0 Å². The highest BCUT2D eigenvalue weighted by molar-refractivity contribution is 4.99. The Morgan fingerprint density at radius 2 is 2.47 bits per heavy atom. The predicted octanol–water partition coefficient (Wildman–Crippen LogP) is 0.826. The number of nitrogens with two attached hydrogens (primary N) is 1. The number of imidazole rings is 1. The smallest absolute Gasteiger partial charge is 0.0948 e. The normalized spacial score (nSPS) is 22.4. The van der Waals surface area contributed by atoms with Crippen molar-refractivity contribution in [3.8, 4) is 0 Å². The molecule has 0 aliphatic carbocycles. The Hall–Kier alpha value is -0.870. The molecule has 1 saturated heterocycles. The lowest BCUT2D eigenvalue weighted by molar-refractivity contribution is 0.317. The molecule has 1 aromatic rings. The van der Waals surface area contributed by atoms with Gasteiger partial charge in [-0.2, -0.15) is 0 Å². The Balaban J connectivity index is 1.95. The van der Waals surface area contributed by atoms with Crippen molar-refractivity contribution in [1.82, 2.24) is 14.5 Å². The number of hydrogen-bond acceptors (Lipinski definition) is 3. The molecule has 1 aliphatic rings. The van der Waals surface area contributed by atoms with Crippen molar-refractivity contribution >= 4 is 0 Å². The topological polar surface area (TPSA) is 47.1 Å². The summed E-state index contributed by atoms with van der Waals surface area (Å²) in [6, 6.07) is 0.368. The summed E-state index contributed by atoms with van der Waals surface area (Å²) in [5, 5.41) is 0. The summed E-state index contributed by atoms with van der Waals surface area (Å²) in [5.74, 6) is 0. The number of hydrogen-bond donors (Lipinski definition) is 1. The van der Waals surface area contributed by atoms with Crippen molar-refractivity contribution < 1.29 is 0 Å². The van der Waals surface area contributed by atoms with Crippen molar-refractivity contribution in [3.63, 3.8) is 0 Å². The molecule has 1 aliphatic heterocycles. The molecule has 2 N–H and O–H groups in total. The van der Waals surface area contributed by atoms with Crippen LogP contribution < -0.4 is 5.73 Å². The maximum absolute atomic E-state index is 5.89. The largest absolute Gasteiger partial charge is 0.333 e. The quantitative estimate of drug-likeness (QED) is 0.797. The van der Waals surface area contributed by atoms with Gasteiger partial charge in [0, 0.05) is 38.4 Å². The van der Waals surface area contributed by atoms with Crippen molar-refractivity contribution in [2.75, 3.05) is 13.1 Å². The fourth-order valence-electron chi connectivity index (χ4n) is 2.16. The Kier molecular flexibility index (Phi) is 3.38. The molecule has 2 heterocycles. The molecular formula is C11H20N4.